The molecule has 1 heterocycles. The van der Waals surface area contributed by atoms with Crippen LogP contribution in [0, 0.1) is 5.41 Å². The molecule has 1 aromatic rings. The maximum Gasteiger partial charge on any atom is 0.123 e. The van der Waals surface area contributed by atoms with Crippen LogP contribution < -0.4 is 0 Å². The van der Waals surface area contributed by atoms with Gasteiger partial charge in [0.05, 0.1) is 22.5 Å². The van der Waals surface area contributed by atoms with Crippen molar-refractivity contribution in [1.82, 2.24) is 9.78 Å². The largest absolute Gasteiger partial charge is 0.389 e. The number of aromatic nitrogens is 2. The topological polar surface area (TPSA) is 58.3 Å². The standard InChI is InChI=1S/C11H19BrN2O2/c1-5-14-8(7(12)6-13-14)9(15)10(16)11(2,3)4/h6,9-10,15-16H,5H2,1-4H3. The van der Waals surface area contributed by atoms with Gasteiger partial charge in [-0.15, -0.1) is 0 Å². The third-order valence-electron chi connectivity index (χ3n) is 2.60. The van der Waals surface area contributed by atoms with Crippen LogP contribution in [-0.4, -0.2) is 26.1 Å². The highest BCUT2D eigenvalue weighted by Crippen LogP contribution is 2.33. The van der Waals surface area contributed by atoms with Gasteiger partial charge in [-0.1, -0.05) is 20.8 Å². The van der Waals surface area contributed by atoms with Crippen molar-refractivity contribution in [3.63, 3.8) is 0 Å². The summed E-state index contributed by atoms with van der Waals surface area (Å²) in [5.74, 6) is 0. The highest BCUT2D eigenvalue weighted by atomic mass is 79.9. The first-order valence-electron chi connectivity index (χ1n) is 5.36. The fourth-order valence-corrected chi connectivity index (χ4v) is 2.07. The molecule has 0 aliphatic heterocycles. The summed E-state index contributed by atoms with van der Waals surface area (Å²) in [7, 11) is 0. The summed E-state index contributed by atoms with van der Waals surface area (Å²) in [4.78, 5) is 0. The highest BCUT2D eigenvalue weighted by molar-refractivity contribution is 9.10. The normalized spacial score (nSPS) is 16.2. The Morgan fingerprint density at radius 1 is 1.44 bits per heavy atom. The number of aliphatic hydroxyl groups is 2. The lowest BCUT2D eigenvalue weighted by molar-refractivity contribution is -0.0498. The van der Waals surface area contributed by atoms with E-state index in [4.69, 9.17) is 0 Å². The van der Waals surface area contributed by atoms with Crippen molar-refractivity contribution in [2.24, 2.45) is 5.41 Å². The lowest BCUT2D eigenvalue weighted by Gasteiger charge is -2.30. The van der Waals surface area contributed by atoms with Gasteiger partial charge in [-0.2, -0.15) is 5.10 Å². The molecule has 92 valence electrons. The smallest absolute Gasteiger partial charge is 0.123 e. The van der Waals surface area contributed by atoms with Gasteiger partial charge in [0.25, 0.3) is 0 Å². The van der Waals surface area contributed by atoms with Gasteiger partial charge < -0.3 is 10.2 Å². The molecule has 0 saturated carbocycles. The fraction of sp³-hybridized carbons (Fsp3) is 0.727. The molecule has 0 radical (unpaired) electrons. The van der Waals surface area contributed by atoms with Crippen LogP contribution in [0.25, 0.3) is 0 Å². The number of halogens is 1. The molecule has 0 spiro atoms. The van der Waals surface area contributed by atoms with E-state index in [1.54, 1.807) is 10.9 Å². The van der Waals surface area contributed by atoms with Crippen LogP contribution in [0.2, 0.25) is 0 Å². The van der Waals surface area contributed by atoms with Crippen molar-refractivity contribution < 1.29 is 10.2 Å². The second kappa shape index (κ2) is 4.85. The van der Waals surface area contributed by atoms with Crippen molar-refractivity contribution >= 4 is 15.9 Å². The molecule has 4 nitrogen and oxygen atoms in total. The quantitative estimate of drug-likeness (QED) is 0.896. The highest BCUT2D eigenvalue weighted by Gasteiger charge is 2.33. The minimum Gasteiger partial charge on any atom is -0.389 e. The van der Waals surface area contributed by atoms with Crippen LogP contribution in [0.3, 0.4) is 0 Å². The molecule has 2 atom stereocenters. The minimum absolute atomic E-state index is 0.373. The molecule has 0 fully saturated rings. The van der Waals surface area contributed by atoms with E-state index in [-0.39, 0.29) is 5.41 Å². The number of hydrogen-bond acceptors (Lipinski definition) is 3. The molecule has 0 amide bonds. The Labute approximate surface area is 104 Å². The van der Waals surface area contributed by atoms with E-state index in [0.717, 1.165) is 4.47 Å². The van der Waals surface area contributed by atoms with Gasteiger partial charge in [0.15, 0.2) is 0 Å². The summed E-state index contributed by atoms with van der Waals surface area (Å²) in [5.41, 5.74) is 0.256. The fourth-order valence-electron chi connectivity index (χ4n) is 1.54. The Morgan fingerprint density at radius 2 is 2.00 bits per heavy atom. The van der Waals surface area contributed by atoms with Crippen molar-refractivity contribution in [1.29, 1.82) is 0 Å². The molecule has 0 aliphatic carbocycles. The summed E-state index contributed by atoms with van der Waals surface area (Å²) in [6, 6.07) is 0. The summed E-state index contributed by atoms with van der Waals surface area (Å²) < 4.78 is 2.41. The van der Waals surface area contributed by atoms with E-state index < -0.39 is 12.2 Å². The van der Waals surface area contributed by atoms with Gasteiger partial charge in [0, 0.05) is 6.54 Å². The molecule has 1 aromatic heterocycles. The zero-order valence-corrected chi connectivity index (χ0v) is 11.7. The first kappa shape index (κ1) is 13.7. The van der Waals surface area contributed by atoms with Crippen molar-refractivity contribution in [2.45, 2.75) is 46.4 Å². The molecule has 2 unspecified atom stereocenters. The number of nitrogens with zero attached hydrogens (tertiary/aromatic N) is 2. The molecule has 16 heavy (non-hydrogen) atoms. The van der Waals surface area contributed by atoms with Crippen LogP contribution in [0.5, 0.6) is 0 Å². The maximum absolute atomic E-state index is 10.2. The SMILES string of the molecule is CCn1ncc(Br)c1C(O)C(O)C(C)(C)C. The van der Waals surface area contributed by atoms with Crippen LogP contribution in [0.4, 0.5) is 0 Å². The number of rotatable bonds is 3. The third kappa shape index (κ3) is 2.64. The van der Waals surface area contributed by atoms with Gasteiger partial charge in [-0.25, -0.2) is 0 Å². The van der Waals surface area contributed by atoms with Crippen LogP contribution in [-0.2, 0) is 6.54 Å². The van der Waals surface area contributed by atoms with E-state index in [9.17, 15) is 10.2 Å². The Morgan fingerprint density at radius 3 is 2.44 bits per heavy atom. The van der Waals surface area contributed by atoms with Gasteiger partial charge in [0.2, 0.25) is 0 Å². The van der Waals surface area contributed by atoms with Gasteiger partial charge in [-0.05, 0) is 28.3 Å². The van der Waals surface area contributed by atoms with Crippen molar-refractivity contribution in [3.05, 3.63) is 16.4 Å². The average Bonchev–Trinajstić information content (AvgIpc) is 2.56. The molecule has 5 heteroatoms. The summed E-state index contributed by atoms with van der Waals surface area (Å²) >= 11 is 3.34. The van der Waals surface area contributed by atoms with E-state index in [0.29, 0.717) is 12.2 Å². The van der Waals surface area contributed by atoms with Gasteiger partial charge in [-0.3, -0.25) is 4.68 Å². The first-order valence-corrected chi connectivity index (χ1v) is 6.15. The maximum atomic E-state index is 10.2. The van der Waals surface area contributed by atoms with Gasteiger partial charge >= 0.3 is 0 Å². The molecular formula is C11H19BrN2O2. The predicted octanol–water partition coefficient (Wildman–Crippen LogP) is 2.11. The summed E-state index contributed by atoms with van der Waals surface area (Å²) in [6.45, 7) is 8.28. The number of aliphatic hydroxyl groups excluding tert-OH is 2. The Bertz CT molecular complexity index is 357. The lowest BCUT2D eigenvalue weighted by atomic mass is 9.85. The Hall–Kier alpha value is -0.390. The third-order valence-corrected chi connectivity index (χ3v) is 3.21. The zero-order chi connectivity index (χ0) is 12.5. The predicted molar refractivity (Wildman–Crippen MR) is 66.0 cm³/mol. The molecule has 0 aliphatic rings. The summed E-state index contributed by atoms with van der Waals surface area (Å²) in [6.07, 6.45) is -0.125. The number of aryl methyl sites for hydroxylation is 1. The minimum atomic E-state index is -0.933. The van der Waals surface area contributed by atoms with E-state index in [1.165, 1.54) is 0 Å². The van der Waals surface area contributed by atoms with Crippen LogP contribution >= 0.6 is 15.9 Å². The lowest BCUT2D eigenvalue weighted by Crippen LogP contribution is -2.33. The van der Waals surface area contributed by atoms with E-state index in [1.807, 2.05) is 27.7 Å². The Kier molecular flexibility index (Phi) is 4.15. The second-order valence-electron chi connectivity index (χ2n) is 4.95. The molecule has 0 aromatic carbocycles. The van der Waals surface area contributed by atoms with Crippen LogP contribution in [0.1, 0.15) is 39.5 Å². The van der Waals surface area contributed by atoms with E-state index >= 15 is 0 Å². The van der Waals surface area contributed by atoms with E-state index in [2.05, 4.69) is 21.0 Å². The van der Waals surface area contributed by atoms with Crippen molar-refractivity contribution in [2.75, 3.05) is 0 Å². The van der Waals surface area contributed by atoms with Crippen LogP contribution in [0.15, 0.2) is 10.7 Å². The molecule has 0 bridgehead atoms. The monoisotopic (exact) mass is 290 g/mol. The summed E-state index contributed by atoms with van der Waals surface area (Å²) in [5, 5.41) is 24.3. The second-order valence-corrected chi connectivity index (χ2v) is 5.80. The molecule has 1 rings (SSSR count). The zero-order valence-electron chi connectivity index (χ0n) is 10.1. The molecule has 0 saturated heterocycles. The van der Waals surface area contributed by atoms with Gasteiger partial charge in [0.1, 0.15) is 6.10 Å². The number of hydrogen-bond donors (Lipinski definition) is 2. The molecular weight excluding hydrogens is 272 g/mol. The van der Waals surface area contributed by atoms with Crippen molar-refractivity contribution in [3.8, 4) is 0 Å². The first-order chi connectivity index (χ1) is 7.29. The Balaban J connectivity index is 3.04. The molecule has 2 N–H and O–H groups in total. The average molecular weight is 291 g/mol.